The van der Waals surface area contributed by atoms with E-state index in [1.54, 1.807) is 7.05 Å². The molecule has 0 aromatic carbocycles. The molecule has 0 aliphatic carbocycles. The van der Waals surface area contributed by atoms with E-state index >= 15 is 0 Å². The van der Waals surface area contributed by atoms with Crippen molar-refractivity contribution in [1.82, 2.24) is 15.5 Å². The predicted octanol–water partition coefficient (Wildman–Crippen LogP) is 0.964. The zero-order chi connectivity index (χ0) is 13.2. The van der Waals surface area contributed by atoms with Gasteiger partial charge in [-0.3, -0.25) is 9.79 Å². The lowest BCUT2D eigenvalue weighted by Crippen LogP contribution is -2.46. The third-order valence-electron chi connectivity index (χ3n) is 3.16. The van der Waals surface area contributed by atoms with Crippen LogP contribution in [0.25, 0.3) is 0 Å². The molecule has 1 fully saturated rings. The number of hydrogen-bond donors (Lipinski definition) is 2. The van der Waals surface area contributed by atoms with E-state index < -0.39 is 0 Å². The maximum absolute atomic E-state index is 11.9. The highest BCUT2D eigenvalue weighted by atomic mass is 16.2. The van der Waals surface area contributed by atoms with E-state index in [1.165, 1.54) is 6.42 Å². The minimum absolute atomic E-state index is 0.174. The van der Waals surface area contributed by atoms with E-state index in [0.717, 1.165) is 45.3 Å². The molecule has 0 radical (unpaired) electrons. The molecule has 0 spiro atoms. The second kappa shape index (κ2) is 8.78. The van der Waals surface area contributed by atoms with Crippen LogP contribution >= 0.6 is 0 Å². The first-order chi connectivity index (χ1) is 8.77. The molecule has 0 aromatic rings. The molecule has 1 rings (SSSR count). The molecule has 2 N–H and O–H groups in total. The number of nitrogens with zero attached hydrogens (tertiary/aromatic N) is 2. The summed E-state index contributed by atoms with van der Waals surface area (Å²) in [5, 5.41) is 6.27. The Morgan fingerprint density at radius 3 is 2.56 bits per heavy atom. The molecular formula is C13H26N4O. The molecule has 0 bridgehead atoms. The molecule has 1 heterocycles. The number of piperidine rings is 1. The Morgan fingerprint density at radius 2 is 1.94 bits per heavy atom. The molecule has 0 saturated carbocycles. The molecular weight excluding hydrogens is 228 g/mol. The van der Waals surface area contributed by atoms with E-state index in [2.05, 4.69) is 22.5 Å². The number of carbonyl (C=O) groups is 1. The lowest BCUT2D eigenvalue weighted by Gasteiger charge is -2.27. The van der Waals surface area contributed by atoms with Gasteiger partial charge in [0.2, 0.25) is 5.91 Å². The Balaban J connectivity index is 2.22. The molecule has 0 unspecified atom stereocenters. The number of guanidine groups is 1. The van der Waals surface area contributed by atoms with Crippen LogP contribution in [0.15, 0.2) is 4.99 Å². The fraction of sp³-hybridized carbons (Fsp3) is 0.846. The van der Waals surface area contributed by atoms with Crippen molar-refractivity contribution in [2.24, 2.45) is 4.99 Å². The monoisotopic (exact) mass is 254 g/mol. The number of nitrogens with one attached hydrogen (secondary N) is 2. The van der Waals surface area contributed by atoms with Crippen LogP contribution < -0.4 is 10.6 Å². The highest BCUT2D eigenvalue weighted by molar-refractivity contribution is 5.86. The van der Waals surface area contributed by atoms with Gasteiger partial charge < -0.3 is 15.5 Å². The summed E-state index contributed by atoms with van der Waals surface area (Å²) in [5.74, 6) is 0.891. The van der Waals surface area contributed by atoms with Crippen LogP contribution in [0.4, 0.5) is 0 Å². The van der Waals surface area contributed by atoms with Crippen molar-refractivity contribution in [3.63, 3.8) is 0 Å². The number of unbranched alkanes of at least 4 members (excludes halogenated alkanes) is 1. The Hall–Kier alpha value is -1.26. The number of hydrogen-bond acceptors (Lipinski definition) is 2. The lowest BCUT2D eigenvalue weighted by atomic mass is 10.1. The molecule has 5 heteroatoms. The summed E-state index contributed by atoms with van der Waals surface area (Å²) in [7, 11) is 1.73. The highest BCUT2D eigenvalue weighted by Crippen LogP contribution is 2.07. The molecule has 1 saturated heterocycles. The largest absolute Gasteiger partial charge is 0.356 e. The van der Waals surface area contributed by atoms with Crippen molar-refractivity contribution in [1.29, 1.82) is 0 Å². The predicted molar refractivity (Wildman–Crippen MR) is 74.7 cm³/mol. The molecule has 0 aromatic heterocycles. The third kappa shape index (κ3) is 5.38. The number of rotatable bonds is 5. The van der Waals surface area contributed by atoms with E-state index in [4.69, 9.17) is 0 Å². The fourth-order valence-electron chi connectivity index (χ4n) is 2.02. The fourth-order valence-corrected chi connectivity index (χ4v) is 2.02. The third-order valence-corrected chi connectivity index (χ3v) is 3.16. The molecule has 18 heavy (non-hydrogen) atoms. The van der Waals surface area contributed by atoms with Crippen molar-refractivity contribution < 1.29 is 4.79 Å². The van der Waals surface area contributed by atoms with E-state index in [1.807, 2.05) is 4.90 Å². The normalized spacial score (nSPS) is 16.6. The highest BCUT2D eigenvalue weighted by Gasteiger charge is 2.16. The van der Waals surface area contributed by atoms with Crippen molar-refractivity contribution in [2.45, 2.75) is 39.0 Å². The molecule has 1 amide bonds. The first-order valence-electron chi connectivity index (χ1n) is 7.00. The van der Waals surface area contributed by atoms with Crippen LogP contribution in [-0.4, -0.2) is 50.0 Å². The Kier molecular flexibility index (Phi) is 7.22. The zero-order valence-electron chi connectivity index (χ0n) is 11.7. The molecule has 1 aliphatic heterocycles. The number of carbonyl (C=O) groups excluding carboxylic acids is 1. The maximum Gasteiger partial charge on any atom is 0.241 e. The summed E-state index contributed by atoms with van der Waals surface area (Å²) in [6.07, 6.45) is 5.78. The van der Waals surface area contributed by atoms with Crippen LogP contribution in [-0.2, 0) is 4.79 Å². The smallest absolute Gasteiger partial charge is 0.241 e. The van der Waals surface area contributed by atoms with Gasteiger partial charge in [0.1, 0.15) is 0 Å². The summed E-state index contributed by atoms with van der Waals surface area (Å²) in [6.45, 7) is 5.20. The Labute approximate surface area is 110 Å². The zero-order valence-corrected chi connectivity index (χ0v) is 11.7. The van der Waals surface area contributed by atoms with Gasteiger partial charge >= 0.3 is 0 Å². The van der Waals surface area contributed by atoms with Crippen molar-refractivity contribution in [3.05, 3.63) is 0 Å². The van der Waals surface area contributed by atoms with E-state index in [9.17, 15) is 4.79 Å². The summed E-state index contributed by atoms with van der Waals surface area (Å²) in [5.41, 5.74) is 0. The van der Waals surface area contributed by atoms with Crippen molar-refractivity contribution in [3.8, 4) is 0 Å². The second-order valence-corrected chi connectivity index (χ2v) is 4.65. The van der Waals surface area contributed by atoms with Crippen LogP contribution in [0.2, 0.25) is 0 Å². The number of aliphatic imine (C=N–C) groups is 1. The summed E-state index contributed by atoms with van der Waals surface area (Å²) >= 11 is 0. The van der Waals surface area contributed by atoms with E-state index in [0.29, 0.717) is 12.5 Å². The second-order valence-electron chi connectivity index (χ2n) is 4.65. The average molecular weight is 254 g/mol. The van der Waals surface area contributed by atoms with Crippen molar-refractivity contribution >= 4 is 11.9 Å². The molecule has 1 aliphatic rings. The van der Waals surface area contributed by atoms with Gasteiger partial charge in [-0.15, -0.1) is 0 Å². The minimum Gasteiger partial charge on any atom is -0.356 e. The number of likely N-dealkylation sites (tertiary alicyclic amines) is 1. The van der Waals surface area contributed by atoms with E-state index in [-0.39, 0.29) is 5.91 Å². The van der Waals surface area contributed by atoms with Gasteiger partial charge in [0.05, 0.1) is 6.54 Å². The van der Waals surface area contributed by atoms with Crippen LogP contribution in [0.3, 0.4) is 0 Å². The van der Waals surface area contributed by atoms with Gasteiger partial charge in [-0.2, -0.15) is 0 Å². The first kappa shape index (κ1) is 14.8. The van der Waals surface area contributed by atoms with Gasteiger partial charge in [-0.05, 0) is 25.7 Å². The van der Waals surface area contributed by atoms with Crippen molar-refractivity contribution in [2.75, 3.05) is 33.2 Å². The standard InChI is InChI=1S/C13H26N4O/c1-3-4-8-15-13(14-2)16-11-12(18)17-9-6-5-7-10-17/h3-11H2,1-2H3,(H2,14,15,16). The Morgan fingerprint density at radius 1 is 1.22 bits per heavy atom. The van der Waals surface area contributed by atoms with Gasteiger partial charge in [-0.1, -0.05) is 13.3 Å². The van der Waals surface area contributed by atoms with Crippen LogP contribution in [0, 0.1) is 0 Å². The Bertz CT molecular complexity index is 272. The van der Waals surface area contributed by atoms with Gasteiger partial charge in [0.15, 0.2) is 5.96 Å². The first-order valence-corrected chi connectivity index (χ1v) is 7.00. The molecule has 5 nitrogen and oxygen atoms in total. The van der Waals surface area contributed by atoms with Crippen LogP contribution in [0.1, 0.15) is 39.0 Å². The average Bonchev–Trinajstić information content (AvgIpc) is 2.43. The molecule has 104 valence electrons. The number of amides is 1. The topological polar surface area (TPSA) is 56.7 Å². The summed E-state index contributed by atoms with van der Waals surface area (Å²) in [6, 6.07) is 0. The minimum atomic E-state index is 0.174. The van der Waals surface area contributed by atoms with Crippen LogP contribution in [0.5, 0.6) is 0 Å². The molecule has 0 atom stereocenters. The quantitative estimate of drug-likeness (QED) is 0.436. The summed E-state index contributed by atoms with van der Waals surface area (Å²) in [4.78, 5) is 18.0. The van der Waals surface area contributed by atoms with Gasteiger partial charge in [0.25, 0.3) is 0 Å². The SMILES string of the molecule is CCCCNC(=NC)NCC(=O)N1CCCCC1. The summed E-state index contributed by atoms with van der Waals surface area (Å²) < 4.78 is 0. The lowest BCUT2D eigenvalue weighted by molar-refractivity contribution is -0.130. The maximum atomic E-state index is 11.9. The van der Waals surface area contributed by atoms with Gasteiger partial charge in [-0.25, -0.2) is 0 Å². The van der Waals surface area contributed by atoms with Gasteiger partial charge in [0, 0.05) is 26.7 Å².